The lowest BCUT2D eigenvalue weighted by Gasteiger charge is -2.23. The molecule has 0 fully saturated rings. The normalized spacial score (nSPS) is 13.5. The van der Waals surface area contributed by atoms with E-state index in [0.29, 0.717) is 10.0 Å². The lowest BCUT2D eigenvalue weighted by Crippen LogP contribution is -2.36. The van der Waals surface area contributed by atoms with E-state index in [1.807, 2.05) is 0 Å². The van der Waals surface area contributed by atoms with E-state index in [-0.39, 0.29) is 27.7 Å². The SMILES string of the molecule is C[C@](F)(CNC(=O)c1ccc(Cl)cc1Cl)c1ccc(Cl)cc1Cl. The summed E-state index contributed by atoms with van der Waals surface area (Å²) in [4.78, 5) is 12.1. The van der Waals surface area contributed by atoms with Gasteiger partial charge in [-0.1, -0.05) is 52.5 Å². The molecule has 0 aliphatic carbocycles. The van der Waals surface area contributed by atoms with Gasteiger partial charge >= 0.3 is 0 Å². The Morgan fingerprint density at radius 1 is 1.04 bits per heavy atom. The number of rotatable bonds is 4. The van der Waals surface area contributed by atoms with Crippen LogP contribution in [0.3, 0.4) is 0 Å². The molecule has 0 radical (unpaired) electrons. The van der Waals surface area contributed by atoms with E-state index in [4.69, 9.17) is 46.4 Å². The van der Waals surface area contributed by atoms with Crippen LogP contribution in [0.4, 0.5) is 4.39 Å². The predicted octanol–water partition coefficient (Wildman–Crippen LogP) is 5.91. The van der Waals surface area contributed by atoms with E-state index in [9.17, 15) is 9.18 Å². The van der Waals surface area contributed by atoms with Crippen molar-refractivity contribution in [2.75, 3.05) is 6.54 Å². The zero-order valence-electron chi connectivity index (χ0n) is 12.0. The van der Waals surface area contributed by atoms with Gasteiger partial charge in [-0.05, 0) is 37.3 Å². The van der Waals surface area contributed by atoms with Gasteiger partial charge in [-0.3, -0.25) is 4.79 Å². The minimum absolute atomic E-state index is 0.195. The van der Waals surface area contributed by atoms with E-state index in [1.54, 1.807) is 6.07 Å². The summed E-state index contributed by atoms with van der Waals surface area (Å²) in [5, 5.41) is 3.72. The molecule has 1 N–H and O–H groups in total. The second-order valence-electron chi connectivity index (χ2n) is 5.13. The Morgan fingerprint density at radius 2 is 1.61 bits per heavy atom. The van der Waals surface area contributed by atoms with Crippen molar-refractivity contribution in [1.82, 2.24) is 5.32 Å². The van der Waals surface area contributed by atoms with Crippen molar-refractivity contribution in [3.63, 3.8) is 0 Å². The number of alkyl halides is 1. The van der Waals surface area contributed by atoms with Crippen molar-refractivity contribution in [3.05, 3.63) is 67.6 Å². The summed E-state index contributed by atoms with van der Waals surface area (Å²) < 4.78 is 14.9. The molecule has 2 rings (SSSR count). The summed E-state index contributed by atoms with van der Waals surface area (Å²) in [7, 11) is 0. The van der Waals surface area contributed by atoms with E-state index in [2.05, 4.69) is 5.32 Å². The third-order valence-electron chi connectivity index (χ3n) is 3.25. The Bertz CT molecular complexity index is 749. The van der Waals surface area contributed by atoms with Crippen molar-refractivity contribution in [2.45, 2.75) is 12.6 Å². The largest absolute Gasteiger partial charge is 0.348 e. The van der Waals surface area contributed by atoms with Crippen molar-refractivity contribution < 1.29 is 9.18 Å². The first-order valence-corrected chi connectivity index (χ1v) is 8.09. The lowest BCUT2D eigenvalue weighted by atomic mass is 9.97. The highest BCUT2D eigenvalue weighted by Crippen LogP contribution is 2.33. The third kappa shape index (κ3) is 4.51. The number of hydrogen-bond acceptors (Lipinski definition) is 1. The molecule has 2 nitrogen and oxygen atoms in total. The first kappa shape index (κ1) is 18.3. The summed E-state index contributed by atoms with van der Waals surface area (Å²) >= 11 is 23.6. The van der Waals surface area contributed by atoms with Gasteiger partial charge in [-0.15, -0.1) is 0 Å². The minimum Gasteiger partial charge on any atom is -0.348 e. The van der Waals surface area contributed by atoms with Gasteiger partial charge in [-0.2, -0.15) is 0 Å². The zero-order valence-corrected chi connectivity index (χ0v) is 15.0. The number of carbonyl (C=O) groups is 1. The first-order chi connectivity index (χ1) is 10.7. The Morgan fingerprint density at radius 3 is 2.17 bits per heavy atom. The number of nitrogens with one attached hydrogen (secondary N) is 1. The summed E-state index contributed by atoms with van der Waals surface area (Å²) in [5.41, 5.74) is -1.41. The predicted molar refractivity (Wildman–Crippen MR) is 93.7 cm³/mol. The van der Waals surface area contributed by atoms with Gasteiger partial charge in [0.05, 0.1) is 17.1 Å². The Kier molecular flexibility index (Phi) is 5.79. The molecule has 2 aromatic rings. The van der Waals surface area contributed by atoms with Gasteiger partial charge in [0.2, 0.25) is 0 Å². The van der Waals surface area contributed by atoms with Crippen LogP contribution in [0.5, 0.6) is 0 Å². The van der Waals surface area contributed by atoms with Crippen molar-refractivity contribution >= 4 is 52.3 Å². The Balaban J connectivity index is 2.13. The maximum Gasteiger partial charge on any atom is 0.252 e. The molecule has 0 saturated heterocycles. The monoisotopic (exact) mass is 393 g/mol. The molecular formula is C16H12Cl4FNO. The highest BCUT2D eigenvalue weighted by atomic mass is 35.5. The van der Waals surface area contributed by atoms with E-state index >= 15 is 0 Å². The molecule has 1 atom stereocenters. The average molecular weight is 395 g/mol. The number of carbonyl (C=O) groups excluding carboxylic acids is 1. The van der Waals surface area contributed by atoms with Crippen molar-refractivity contribution in [2.24, 2.45) is 0 Å². The van der Waals surface area contributed by atoms with E-state index in [0.717, 1.165) is 0 Å². The van der Waals surface area contributed by atoms with Crippen LogP contribution in [0.25, 0.3) is 0 Å². The van der Waals surface area contributed by atoms with Crippen molar-refractivity contribution in [3.8, 4) is 0 Å². The minimum atomic E-state index is -1.86. The second-order valence-corrected chi connectivity index (χ2v) is 6.82. The Hall–Kier alpha value is -1.000. The molecule has 0 saturated carbocycles. The number of benzene rings is 2. The lowest BCUT2D eigenvalue weighted by molar-refractivity contribution is 0.0910. The van der Waals surface area contributed by atoms with Crippen molar-refractivity contribution in [1.29, 1.82) is 0 Å². The van der Waals surface area contributed by atoms with Gasteiger partial charge in [0.25, 0.3) is 5.91 Å². The Labute approximate surface area is 153 Å². The zero-order chi connectivity index (χ0) is 17.2. The number of halogens is 5. The van der Waals surface area contributed by atoms with Gasteiger partial charge in [0, 0.05) is 20.6 Å². The average Bonchev–Trinajstić information content (AvgIpc) is 2.44. The van der Waals surface area contributed by atoms with E-state index in [1.165, 1.54) is 37.3 Å². The van der Waals surface area contributed by atoms with Crippen LogP contribution in [-0.2, 0) is 5.67 Å². The maximum atomic E-state index is 14.9. The topological polar surface area (TPSA) is 29.1 Å². The molecule has 122 valence electrons. The quantitative estimate of drug-likeness (QED) is 0.685. The van der Waals surface area contributed by atoms with E-state index < -0.39 is 11.6 Å². The van der Waals surface area contributed by atoms with Crippen LogP contribution >= 0.6 is 46.4 Å². The standard InChI is InChI=1S/C16H12Cl4FNO/c1-16(21,12-5-3-10(18)7-14(12)20)8-22-15(23)11-4-2-9(17)6-13(11)19/h2-7H,8H2,1H3,(H,22,23)/t16-/m0/s1. The summed E-state index contributed by atoms with van der Waals surface area (Å²) in [6.07, 6.45) is 0. The third-order valence-corrected chi connectivity index (χ3v) is 4.35. The number of hydrogen-bond donors (Lipinski definition) is 1. The molecule has 0 heterocycles. The summed E-state index contributed by atoms with van der Waals surface area (Å²) in [6, 6.07) is 8.94. The molecule has 0 aliphatic heterocycles. The van der Waals surface area contributed by atoms with Crippen LogP contribution in [-0.4, -0.2) is 12.5 Å². The molecule has 0 unspecified atom stereocenters. The molecule has 7 heteroatoms. The maximum absolute atomic E-state index is 14.9. The number of amides is 1. The summed E-state index contributed by atoms with van der Waals surface area (Å²) in [6.45, 7) is 1.05. The van der Waals surface area contributed by atoms with Crippen LogP contribution in [0.15, 0.2) is 36.4 Å². The highest BCUT2D eigenvalue weighted by molar-refractivity contribution is 6.37. The highest BCUT2D eigenvalue weighted by Gasteiger charge is 2.29. The van der Waals surface area contributed by atoms with Gasteiger partial charge in [0.1, 0.15) is 0 Å². The van der Waals surface area contributed by atoms with Crippen LogP contribution in [0.1, 0.15) is 22.8 Å². The molecule has 0 aromatic heterocycles. The fourth-order valence-electron chi connectivity index (χ4n) is 2.02. The fraction of sp³-hybridized carbons (Fsp3) is 0.188. The van der Waals surface area contributed by atoms with Gasteiger partial charge < -0.3 is 5.32 Å². The molecule has 0 aliphatic rings. The fourth-order valence-corrected chi connectivity index (χ4v) is 3.12. The molecule has 1 amide bonds. The second kappa shape index (κ2) is 7.27. The first-order valence-electron chi connectivity index (χ1n) is 6.58. The molecule has 0 spiro atoms. The van der Waals surface area contributed by atoms with Crippen LogP contribution in [0, 0.1) is 0 Å². The smallest absolute Gasteiger partial charge is 0.252 e. The molecular weight excluding hydrogens is 383 g/mol. The van der Waals surface area contributed by atoms with Crippen LogP contribution < -0.4 is 5.32 Å². The summed E-state index contributed by atoms with van der Waals surface area (Å²) in [5.74, 6) is -0.499. The molecule has 2 aromatic carbocycles. The molecule has 23 heavy (non-hydrogen) atoms. The van der Waals surface area contributed by atoms with Gasteiger partial charge in [0.15, 0.2) is 5.67 Å². The van der Waals surface area contributed by atoms with Crippen LogP contribution in [0.2, 0.25) is 20.1 Å². The molecule has 0 bridgehead atoms. The van der Waals surface area contributed by atoms with Gasteiger partial charge in [-0.25, -0.2) is 4.39 Å².